The lowest BCUT2D eigenvalue weighted by atomic mass is 9.78. The monoisotopic (exact) mass is 393 g/mol. The Hall–Kier alpha value is -2.12. The molecule has 2 N–H and O–H groups in total. The fourth-order valence-electron chi connectivity index (χ4n) is 4.64. The van der Waals surface area contributed by atoms with Gasteiger partial charge in [0.05, 0.1) is 0 Å². The molecular formula is C20H31N3O5. The number of hydrogen-bond donors (Lipinski definition) is 2. The lowest BCUT2D eigenvalue weighted by Crippen LogP contribution is -2.48. The molecule has 0 radical (unpaired) electrons. The first-order valence-electron chi connectivity index (χ1n) is 10.4. The van der Waals surface area contributed by atoms with Crippen molar-refractivity contribution in [2.45, 2.75) is 83.4 Å². The van der Waals surface area contributed by atoms with Gasteiger partial charge in [-0.25, -0.2) is 4.79 Å². The summed E-state index contributed by atoms with van der Waals surface area (Å²) in [5, 5.41) is 5.70. The average molecular weight is 393 g/mol. The third-order valence-corrected chi connectivity index (χ3v) is 6.70. The van der Waals surface area contributed by atoms with E-state index in [1.54, 1.807) is 0 Å². The molecule has 0 aromatic rings. The average Bonchev–Trinajstić information content (AvgIpc) is 3.20. The van der Waals surface area contributed by atoms with Crippen LogP contribution in [0.25, 0.3) is 0 Å². The maximum absolute atomic E-state index is 12.6. The van der Waals surface area contributed by atoms with E-state index in [9.17, 15) is 19.2 Å². The summed E-state index contributed by atoms with van der Waals surface area (Å²) >= 11 is 0. The number of imide groups is 1. The van der Waals surface area contributed by atoms with Crippen molar-refractivity contribution in [1.82, 2.24) is 15.5 Å². The minimum atomic E-state index is -0.974. The molecule has 1 spiro atoms. The highest BCUT2D eigenvalue weighted by Crippen LogP contribution is 2.35. The highest BCUT2D eigenvalue weighted by atomic mass is 16.5. The molecule has 3 rings (SSSR count). The maximum atomic E-state index is 12.6. The van der Waals surface area contributed by atoms with Crippen LogP contribution in [0.5, 0.6) is 0 Å². The molecule has 1 heterocycles. The zero-order valence-corrected chi connectivity index (χ0v) is 17.0. The molecule has 1 aliphatic heterocycles. The number of ether oxygens (including phenoxy) is 1. The molecule has 0 aromatic heterocycles. The summed E-state index contributed by atoms with van der Waals surface area (Å²) < 4.78 is 5.20. The molecule has 0 aromatic carbocycles. The second kappa shape index (κ2) is 8.09. The lowest BCUT2D eigenvalue weighted by molar-refractivity contribution is -0.157. The Morgan fingerprint density at radius 1 is 1.21 bits per heavy atom. The van der Waals surface area contributed by atoms with Gasteiger partial charge in [0.2, 0.25) is 0 Å². The SMILES string of the molecule is C[C@@H]1[C@@H](C)CCC[C@H]1NC(=O)[C@@H](C)OC(=O)CN1C(=O)NC2(CCCC2)C1=O. The summed E-state index contributed by atoms with van der Waals surface area (Å²) in [5.74, 6) is -0.558. The molecule has 8 nitrogen and oxygen atoms in total. The predicted molar refractivity (Wildman–Crippen MR) is 101 cm³/mol. The van der Waals surface area contributed by atoms with Crippen molar-refractivity contribution in [3.8, 4) is 0 Å². The van der Waals surface area contributed by atoms with Gasteiger partial charge in [-0.05, 0) is 38.0 Å². The molecule has 4 amide bonds. The number of urea groups is 1. The number of carbonyl (C=O) groups excluding carboxylic acids is 4. The Morgan fingerprint density at radius 2 is 1.89 bits per heavy atom. The second-order valence-electron chi connectivity index (χ2n) is 8.63. The summed E-state index contributed by atoms with van der Waals surface area (Å²) in [4.78, 5) is 50.3. The van der Waals surface area contributed by atoms with E-state index in [2.05, 4.69) is 24.5 Å². The van der Waals surface area contributed by atoms with Gasteiger partial charge in [0.1, 0.15) is 12.1 Å². The number of hydrogen-bond acceptors (Lipinski definition) is 5. The predicted octanol–water partition coefficient (Wildman–Crippen LogP) is 1.72. The standard InChI is InChI=1S/C20H31N3O5/c1-12-7-6-8-15(13(12)2)21-17(25)14(3)28-16(24)11-23-18(26)20(22-19(23)27)9-4-5-10-20/h12-15H,4-11H2,1-3H3,(H,21,25)(H,22,27)/t12-,13+,14+,15+/m0/s1. The third kappa shape index (κ3) is 4.00. The summed E-state index contributed by atoms with van der Waals surface area (Å²) in [6, 6.07) is -0.489. The smallest absolute Gasteiger partial charge is 0.327 e. The van der Waals surface area contributed by atoms with E-state index in [0.717, 1.165) is 37.0 Å². The molecular weight excluding hydrogens is 362 g/mol. The van der Waals surface area contributed by atoms with Gasteiger partial charge in [-0.15, -0.1) is 0 Å². The van der Waals surface area contributed by atoms with Crippen molar-refractivity contribution in [2.75, 3.05) is 6.54 Å². The number of rotatable bonds is 5. The van der Waals surface area contributed by atoms with Crippen LogP contribution in [0.2, 0.25) is 0 Å². The van der Waals surface area contributed by atoms with Gasteiger partial charge in [-0.1, -0.05) is 39.5 Å². The number of nitrogens with one attached hydrogen (secondary N) is 2. The van der Waals surface area contributed by atoms with E-state index in [-0.39, 0.29) is 17.9 Å². The molecule has 3 aliphatic rings. The molecule has 4 atom stereocenters. The lowest BCUT2D eigenvalue weighted by Gasteiger charge is -2.35. The van der Waals surface area contributed by atoms with Crippen LogP contribution in [0.3, 0.4) is 0 Å². The Morgan fingerprint density at radius 3 is 2.57 bits per heavy atom. The van der Waals surface area contributed by atoms with E-state index in [4.69, 9.17) is 4.74 Å². The van der Waals surface area contributed by atoms with Crippen LogP contribution in [0.4, 0.5) is 4.79 Å². The largest absolute Gasteiger partial charge is 0.451 e. The second-order valence-corrected chi connectivity index (χ2v) is 8.63. The van der Waals surface area contributed by atoms with Crippen LogP contribution in [-0.4, -0.2) is 52.9 Å². The van der Waals surface area contributed by atoms with Gasteiger partial charge in [0.25, 0.3) is 11.8 Å². The van der Waals surface area contributed by atoms with Gasteiger partial charge in [0, 0.05) is 6.04 Å². The van der Waals surface area contributed by atoms with Crippen molar-refractivity contribution in [3.63, 3.8) is 0 Å². The highest BCUT2D eigenvalue weighted by molar-refractivity contribution is 6.08. The summed E-state index contributed by atoms with van der Waals surface area (Å²) in [6.07, 6.45) is 5.12. The zero-order valence-electron chi connectivity index (χ0n) is 17.0. The fourth-order valence-corrected chi connectivity index (χ4v) is 4.64. The maximum Gasteiger partial charge on any atom is 0.327 e. The number of nitrogens with zero attached hydrogens (tertiary/aromatic N) is 1. The van der Waals surface area contributed by atoms with Gasteiger partial charge >= 0.3 is 12.0 Å². The number of esters is 1. The van der Waals surface area contributed by atoms with Crippen LogP contribution in [0.15, 0.2) is 0 Å². The van der Waals surface area contributed by atoms with Crippen molar-refractivity contribution in [2.24, 2.45) is 11.8 Å². The van der Waals surface area contributed by atoms with Crippen LogP contribution in [0.1, 0.15) is 65.7 Å². The molecule has 3 fully saturated rings. The molecule has 0 unspecified atom stereocenters. The van der Waals surface area contributed by atoms with Crippen molar-refractivity contribution in [3.05, 3.63) is 0 Å². The van der Waals surface area contributed by atoms with E-state index < -0.39 is 30.2 Å². The van der Waals surface area contributed by atoms with Gasteiger partial charge < -0.3 is 15.4 Å². The third-order valence-electron chi connectivity index (χ3n) is 6.70. The molecule has 2 saturated carbocycles. The van der Waals surface area contributed by atoms with E-state index >= 15 is 0 Å². The first kappa shape index (κ1) is 20.6. The summed E-state index contributed by atoms with van der Waals surface area (Å²) in [6.45, 7) is 5.35. The normalized spacial score (nSPS) is 30.2. The first-order chi connectivity index (χ1) is 13.2. The van der Waals surface area contributed by atoms with Crippen LogP contribution >= 0.6 is 0 Å². The van der Waals surface area contributed by atoms with Gasteiger partial charge in [0.15, 0.2) is 6.10 Å². The summed E-state index contributed by atoms with van der Waals surface area (Å²) in [5.41, 5.74) is -0.853. The van der Waals surface area contributed by atoms with E-state index in [1.807, 2.05) is 0 Å². The van der Waals surface area contributed by atoms with Crippen molar-refractivity contribution >= 4 is 23.8 Å². The van der Waals surface area contributed by atoms with Gasteiger partial charge in [-0.2, -0.15) is 0 Å². The first-order valence-corrected chi connectivity index (χ1v) is 10.4. The van der Waals surface area contributed by atoms with Crippen LogP contribution in [0, 0.1) is 11.8 Å². The minimum Gasteiger partial charge on any atom is -0.451 e. The quantitative estimate of drug-likeness (QED) is 0.547. The topological polar surface area (TPSA) is 105 Å². The minimum absolute atomic E-state index is 0.0746. The zero-order chi connectivity index (χ0) is 20.5. The Balaban J connectivity index is 1.51. The Kier molecular flexibility index (Phi) is 5.95. The molecule has 1 saturated heterocycles. The highest BCUT2D eigenvalue weighted by Gasteiger charge is 2.52. The number of carbonyl (C=O) groups is 4. The van der Waals surface area contributed by atoms with Crippen molar-refractivity contribution in [1.29, 1.82) is 0 Å². The molecule has 2 aliphatic carbocycles. The molecule has 156 valence electrons. The fraction of sp³-hybridized carbons (Fsp3) is 0.800. The van der Waals surface area contributed by atoms with Gasteiger partial charge in [-0.3, -0.25) is 19.3 Å². The Labute approximate surface area is 165 Å². The number of amides is 4. The summed E-state index contributed by atoms with van der Waals surface area (Å²) in [7, 11) is 0. The Bertz CT molecular complexity index is 658. The van der Waals surface area contributed by atoms with Crippen LogP contribution < -0.4 is 10.6 Å². The van der Waals surface area contributed by atoms with Crippen molar-refractivity contribution < 1.29 is 23.9 Å². The molecule has 8 heteroatoms. The van der Waals surface area contributed by atoms with E-state index in [1.165, 1.54) is 6.92 Å². The molecule has 28 heavy (non-hydrogen) atoms. The van der Waals surface area contributed by atoms with Crippen LogP contribution in [-0.2, 0) is 19.1 Å². The van der Waals surface area contributed by atoms with E-state index in [0.29, 0.717) is 24.7 Å². The molecule has 0 bridgehead atoms.